The van der Waals surface area contributed by atoms with E-state index >= 15 is 0 Å². The van der Waals surface area contributed by atoms with Gasteiger partial charge in [0.2, 0.25) is 0 Å². The van der Waals surface area contributed by atoms with Crippen molar-refractivity contribution < 1.29 is 0 Å². The molecule has 24 heavy (non-hydrogen) atoms. The van der Waals surface area contributed by atoms with Gasteiger partial charge in [-0.2, -0.15) is 0 Å². The quantitative estimate of drug-likeness (QED) is 0.501. The molecule has 2 heteroatoms. The molecule has 2 heterocycles. The summed E-state index contributed by atoms with van der Waals surface area (Å²) in [5, 5.41) is 0. The molecular formula is C22H16N2. The van der Waals surface area contributed by atoms with Gasteiger partial charge in [-0.1, -0.05) is 48.5 Å². The Bertz CT molecular complexity index is 930. The van der Waals surface area contributed by atoms with E-state index in [1.165, 1.54) is 27.8 Å². The van der Waals surface area contributed by atoms with E-state index in [0.717, 1.165) is 5.56 Å². The average Bonchev–Trinajstić information content (AvgIpc) is 2.70. The molecule has 114 valence electrons. The van der Waals surface area contributed by atoms with Gasteiger partial charge < -0.3 is 0 Å². The van der Waals surface area contributed by atoms with Gasteiger partial charge in [0.25, 0.3) is 0 Å². The number of nitrogens with zero attached hydrogens (tertiary/aromatic N) is 2. The molecule has 4 aromatic rings. The van der Waals surface area contributed by atoms with Crippen LogP contribution in [0.4, 0.5) is 0 Å². The third-order valence-corrected chi connectivity index (χ3v) is 4.09. The third kappa shape index (κ3) is 2.95. The van der Waals surface area contributed by atoms with E-state index in [4.69, 9.17) is 0 Å². The Labute approximate surface area is 141 Å². The summed E-state index contributed by atoms with van der Waals surface area (Å²) in [6, 6.07) is 25.3. The normalized spacial score (nSPS) is 10.5. The van der Waals surface area contributed by atoms with Crippen LogP contribution in [0.25, 0.3) is 33.4 Å². The van der Waals surface area contributed by atoms with Crippen molar-refractivity contribution in [3.8, 4) is 33.4 Å². The minimum atomic E-state index is 1.13. The van der Waals surface area contributed by atoms with Crippen molar-refractivity contribution in [3.63, 3.8) is 0 Å². The van der Waals surface area contributed by atoms with E-state index in [-0.39, 0.29) is 0 Å². The highest BCUT2D eigenvalue weighted by Gasteiger charge is 2.03. The summed E-state index contributed by atoms with van der Waals surface area (Å²) in [5.41, 5.74) is 7.11. The lowest BCUT2D eigenvalue weighted by Crippen LogP contribution is -1.83. The topological polar surface area (TPSA) is 25.8 Å². The van der Waals surface area contributed by atoms with Crippen LogP contribution in [0.1, 0.15) is 0 Å². The first-order valence-corrected chi connectivity index (χ1v) is 7.91. The van der Waals surface area contributed by atoms with Gasteiger partial charge in [-0.15, -0.1) is 0 Å². The zero-order chi connectivity index (χ0) is 16.2. The van der Waals surface area contributed by atoms with Crippen LogP contribution >= 0.6 is 0 Å². The molecule has 2 aromatic heterocycles. The molecule has 0 spiro atoms. The van der Waals surface area contributed by atoms with Crippen molar-refractivity contribution in [1.82, 2.24) is 9.97 Å². The zero-order valence-electron chi connectivity index (χ0n) is 13.1. The van der Waals surface area contributed by atoms with Crippen LogP contribution in [0.2, 0.25) is 0 Å². The highest BCUT2D eigenvalue weighted by Crippen LogP contribution is 2.28. The van der Waals surface area contributed by atoms with E-state index in [1.54, 1.807) is 6.20 Å². The molecule has 0 amide bonds. The Morgan fingerprint density at radius 1 is 0.417 bits per heavy atom. The third-order valence-electron chi connectivity index (χ3n) is 4.09. The largest absolute Gasteiger partial charge is 0.265 e. The van der Waals surface area contributed by atoms with Crippen molar-refractivity contribution in [2.75, 3.05) is 0 Å². The number of benzene rings is 2. The molecule has 0 aliphatic rings. The van der Waals surface area contributed by atoms with Gasteiger partial charge in [-0.05, 0) is 57.6 Å². The first-order chi connectivity index (χ1) is 11.9. The highest BCUT2D eigenvalue weighted by molar-refractivity contribution is 5.74. The molecule has 0 aliphatic heterocycles. The van der Waals surface area contributed by atoms with Crippen LogP contribution in [0.15, 0.2) is 97.6 Å². The maximum Gasteiger partial charge on any atom is 0.0346 e. The Hall–Kier alpha value is -3.26. The second-order valence-corrected chi connectivity index (χ2v) is 5.64. The number of rotatable bonds is 3. The van der Waals surface area contributed by atoms with Crippen LogP contribution in [0, 0.1) is 0 Å². The van der Waals surface area contributed by atoms with Gasteiger partial charge >= 0.3 is 0 Å². The molecule has 0 saturated carbocycles. The standard InChI is InChI=1S/C22H16N2/c1-3-20(15-21(4-1)19-10-13-23-14-11-19)17-6-8-18(9-7-17)22-5-2-12-24-16-22/h1-16H. The van der Waals surface area contributed by atoms with Gasteiger partial charge in [-0.3, -0.25) is 9.97 Å². The van der Waals surface area contributed by atoms with Crippen molar-refractivity contribution in [2.24, 2.45) is 0 Å². The Balaban J connectivity index is 1.67. The zero-order valence-corrected chi connectivity index (χ0v) is 13.1. The Kier molecular flexibility index (Phi) is 3.86. The van der Waals surface area contributed by atoms with Crippen molar-refractivity contribution in [2.45, 2.75) is 0 Å². The molecule has 0 N–H and O–H groups in total. The number of aromatic nitrogens is 2. The van der Waals surface area contributed by atoms with Crippen molar-refractivity contribution in [3.05, 3.63) is 97.6 Å². The maximum absolute atomic E-state index is 4.18. The van der Waals surface area contributed by atoms with Crippen LogP contribution in [0.5, 0.6) is 0 Å². The predicted molar refractivity (Wildman–Crippen MR) is 98.3 cm³/mol. The second kappa shape index (κ2) is 6.47. The lowest BCUT2D eigenvalue weighted by Gasteiger charge is -2.07. The SMILES string of the molecule is c1cncc(-c2ccc(-c3cccc(-c4ccncc4)c3)cc2)c1. The maximum atomic E-state index is 4.18. The monoisotopic (exact) mass is 308 g/mol. The summed E-state index contributed by atoms with van der Waals surface area (Å²) in [6.07, 6.45) is 7.33. The molecule has 0 unspecified atom stereocenters. The first kappa shape index (κ1) is 14.3. The smallest absolute Gasteiger partial charge is 0.0346 e. The fourth-order valence-electron chi connectivity index (χ4n) is 2.81. The number of hydrogen-bond donors (Lipinski definition) is 0. The molecule has 2 aromatic carbocycles. The highest BCUT2D eigenvalue weighted by atomic mass is 14.6. The van der Waals surface area contributed by atoms with E-state index in [9.17, 15) is 0 Å². The van der Waals surface area contributed by atoms with E-state index in [1.807, 2.05) is 36.8 Å². The second-order valence-electron chi connectivity index (χ2n) is 5.64. The minimum absolute atomic E-state index is 1.13. The minimum Gasteiger partial charge on any atom is -0.265 e. The van der Waals surface area contributed by atoms with E-state index in [2.05, 4.69) is 64.6 Å². The fourth-order valence-corrected chi connectivity index (χ4v) is 2.81. The molecule has 0 aliphatic carbocycles. The summed E-state index contributed by atoms with van der Waals surface area (Å²) < 4.78 is 0. The first-order valence-electron chi connectivity index (χ1n) is 7.91. The molecule has 0 saturated heterocycles. The van der Waals surface area contributed by atoms with Crippen LogP contribution in [-0.4, -0.2) is 9.97 Å². The van der Waals surface area contributed by atoms with Gasteiger partial charge in [0, 0.05) is 24.8 Å². The van der Waals surface area contributed by atoms with Crippen molar-refractivity contribution >= 4 is 0 Å². The van der Waals surface area contributed by atoms with Crippen molar-refractivity contribution in [1.29, 1.82) is 0 Å². The van der Waals surface area contributed by atoms with Gasteiger partial charge in [0.05, 0.1) is 0 Å². The Morgan fingerprint density at radius 2 is 1.00 bits per heavy atom. The molecule has 4 rings (SSSR count). The Morgan fingerprint density at radius 3 is 1.62 bits per heavy atom. The van der Waals surface area contributed by atoms with Crippen LogP contribution in [-0.2, 0) is 0 Å². The molecule has 0 atom stereocenters. The summed E-state index contributed by atoms with van der Waals surface area (Å²) in [5.74, 6) is 0. The fraction of sp³-hybridized carbons (Fsp3) is 0. The molecule has 2 nitrogen and oxygen atoms in total. The number of pyridine rings is 2. The summed E-state index contributed by atoms with van der Waals surface area (Å²) in [4.78, 5) is 8.27. The molecular weight excluding hydrogens is 292 g/mol. The molecule has 0 radical (unpaired) electrons. The van der Waals surface area contributed by atoms with Gasteiger partial charge in [0.1, 0.15) is 0 Å². The average molecular weight is 308 g/mol. The summed E-state index contributed by atoms with van der Waals surface area (Å²) in [7, 11) is 0. The summed E-state index contributed by atoms with van der Waals surface area (Å²) in [6.45, 7) is 0. The summed E-state index contributed by atoms with van der Waals surface area (Å²) >= 11 is 0. The van der Waals surface area contributed by atoms with Crippen LogP contribution < -0.4 is 0 Å². The lowest BCUT2D eigenvalue weighted by atomic mass is 9.98. The van der Waals surface area contributed by atoms with Gasteiger partial charge in [-0.25, -0.2) is 0 Å². The van der Waals surface area contributed by atoms with E-state index < -0.39 is 0 Å². The van der Waals surface area contributed by atoms with E-state index in [0.29, 0.717) is 0 Å². The predicted octanol–water partition coefficient (Wildman–Crippen LogP) is 5.48. The molecule has 0 fully saturated rings. The van der Waals surface area contributed by atoms with Crippen LogP contribution in [0.3, 0.4) is 0 Å². The lowest BCUT2D eigenvalue weighted by molar-refractivity contribution is 1.33. The number of hydrogen-bond acceptors (Lipinski definition) is 2. The molecule has 0 bridgehead atoms. The van der Waals surface area contributed by atoms with Gasteiger partial charge in [0.15, 0.2) is 0 Å².